The molecule has 2 N–H and O–H groups in total. The Hall–Kier alpha value is -1.83. The molecule has 1 aromatic carbocycles. The number of aliphatic hydroxyl groups excluding tert-OH is 1. The summed E-state index contributed by atoms with van der Waals surface area (Å²) in [5, 5.41) is 21.9. The Bertz CT molecular complexity index is 517. The van der Waals surface area contributed by atoms with E-state index in [2.05, 4.69) is 17.5 Å². The van der Waals surface area contributed by atoms with Crippen molar-refractivity contribution in [3.8, 4) is 11.8 Å². The highest BCUT2D eigenvalue weighted by molar-refractivity contribution is 5.34. The molecule has 0 aromatic heterocycles. The Morgan fingerprint density at radius 3 is 2.77 bits per heavy atom. The van der Waals surface area contributed by atoms with Crippen molar-refractivity contribution < 1.29 is 9.84 Å². The van der Waals surface area contributed by atoms with Gasteiger partial charge in [-0.15, -0.1) is 0 Å². The van der Waals surface area contributed by atoms with E-state index in [1.165, 1.54) is 25.7 Å². The number of allylic oxidation sites excluding steroid dienone is 1. The van der Waals surface area contributed by atoms with E-state index in [9.17, 15) is 5.11 Å². The number of ether oxygens (including phenoxy) is 1. The van der Waals surface area contributed by atoms with Gasteiger partial charge >= 0.3 is 0 Å². The fourth-order valence-electron chi connectivity index (χ4n) is 2.53. The van der Waals surface area contributed by atoms with Crippen LogP contribution in [0.3, 0.4) is 0 Å². The van der Waals surface area contributed by atoms with Crippen molar-refractivity contribution in [1.82, 2.24) is 5.32 Å². The summed E-state index contributed by atoms with van der Waals surface area (Å²) in [6.07, 6.45) is 7.98. The molecule has 1 aromatic rings. The summed E-state index contributed by atoms with van der Waals surface area (Å²) in [5.41, 5.74) is 2.15. The number of benzene rings is 1. The second-order valence-corrected chi connectivity index (χ2v) is 5.66. The van der Waals surface area contributed by atoms with Crippen molar-refractivity contribution in [2.24, 2.45) is 0 Å². The lowest BCUT2D eigenvalue weighted by atomic mass is 9.97. The molecule has 0 amide bonds. The molecule has 0 radical (unpaired) electrons. The van der Waals surface area contributed by atoms with Crippen LogP contribution in [0.1, 0.15) is 37.7 Å². The van der Waals surface area contributed by atoms with E-state index in [4.69, 9.17) is 10.00 Å². The van der Waals surface area contributed by atoms with E-state index in [1.807, 2.05) is 0 Å². The predicted molar refractivity (Wildman–Crippen MR) is 86.7 cm³/mol. The zero-order valence-corrected chi connectivity index (χ0v) is 12.9. The molecule has 2 rings (SSSR count). The highest BCUT2D eigenvalue weighted by Gasteiger charge is 2.06. The summed E-state index contributed by atoms with van der Waals surface area (Å²) in [5.74, 6) is 0.672. The largest absolute Gasteiger partial charge is 0.491 e. The third-order valence-corrected chi connectivity index (χ3v) is 3.81. The average molecular weight is 300 g/mol. The van der Waals surface area contributed by atoms with E-state index in [0.29, 0.717) is 17.9 Å². The Labute approximate surface area is 132 Å². The van der Waals surface area contributed by atoms with Gasteiger partial charge in [-0.2, -0.15) is 5.26 Å². The second kappa shape index (κ2) is 9.24. The van der Waals surface area contributed by atoms with Crippen molar-refractivity contribution in [2.45, 2.75) is 38.2 Å². The summed E-state index contributed by atoms with van der Waals surface area (Å²) in [7, 11) is 0. The first-order valence-electron chi connectivity index (χ1n) is 7.97. The molecule has 0 saturated carbocycles. The normalized spacial score (nSPS) is 15.7. The Balaban J connectivity index is 1.58. The van der Waals surface area contributed by atoms with E-state index in [1.54, 1.807) is 29.8 Å². The molecule has 1 atom stereocenters. The topological polar surface area (TPSA) is 65.3 Å². The predicted octanol–water partition coefficient (Wildman–Crippen LogP) is 2.78. The number of hydrogen-bond acceptors (Lipinski definition) is 4. The Morgan fingerprint density at radius 1 is 1.27 bits per heavy atom. The maximum Gasteiger partial charge on any atom is 0.119 e. The van der Waals surface area contributed by atoms with Crippen LogP contribution in [0.2, 0.25) is 0 Å². The summed E-state index contributed by atoms with van der Waals surface area (Å²) in [6, 6.07) is 8.96. The van der Waals surface area contributed by atoms with Crippen LogP contribution in [0.4, 0.5) is 0 Å². The lowest BCUT2D eigenvalue weighted by Crippen LogP contribution is -2.32. The lowest BCUT2D eigenvalue weighted by molar-refractivity contribution is 0.106. The summed E-state index contributed by atoms with van der Waals surface area (Å²) < 4.78 is 5.50. The molecular weight excluding hydrogens is 276 g/mol. The van der Waals surface area contributed by atoms with Gasteiger partial charge in [0.15, 0.2) is 0 Å². The fourth-order valence-corrected chi connectivity index (χ4v) is 2.53. The number of nitrogens with zero attached hydrogens (tertiary/aromatic N) is 1. The van der Waals surface area contributed by atoms with Crippen LogP contribution >= 0.6 is 0 Å². The van der Waals surface area contributed by atoms with Gasteiger partial charge in [-0.3, -0.25) is 0 Å². The minimum atomic E-state index is -0.532. The third kappa shape index (κ3) is 5.88. The molecule has 4 heteroatoms. The SMILES string of the molecule is N#Cc1ccc(OCC(O)CNCCC2=CCCCC2)cc1. The molecule has 0 aliphatic heterocycles. The van der Waals surface area contributed by atoms with Crippen LogP contribution < -0.4 is 10.1 Å². The van der Waals surface area contributed by atoms with E-state index < -0.39 is 6.10 Å². The molecule has 1 aliphatic rings. The molecule has 118 valence electrons. The quantitative estimate of drug-likeness (QED) is 0.572. The van der Waals surface area contributed by atoms with Gasteiger partial charge in [0, 0.05) is 6.54 Å². The minimum Gasteiger partial charge on any atom is -0.491 e. The first kappa shape index (κ1) is 16.5. The van der Waals surface area contributed by atoms with Gasteiger partial charge in [0.25, 0.3) is 0 Å². The Kier molecular flexibility index (Phi) is 6.95. The van der Waals surface area contributed by atoms with Gasteiger partial charge in [-0.05, 0) is 62.9 Å². The molecule has 0 fully saturated rings. The molecule has 1 aliphatic carbocycles. The summed E-state index contributed by atoms with van der Waals surface area (Å²) >= 11 is 0. The molecule has 22 heavy (non-hydrogen) atoms. The van der Waals surface area contributed by atoms with Crippen LogP contribution in [-0.4, -0.2) is 30.9 Å². The monoisotopic (exact) mass is 300 g/mol. The number of rotatable bonds is 8. The first-order chi connectivity index (χ1) is 10.8. The van der Waals surface area contributed by atoms with Gasteiger partial charge in [-0.25, -0.2) is 0 Å². The van der Waals surface area contributed by atoms with Gasteiger partial charge in [0.05, 0.1) is 11.6 Å². The zero-order chi connectivity index (χ0) is 15.6. The average Bonchev–Trinajstić information content (AvgIpc) is 2.58. The lowest BCUT2D eigenvalue weighted by Gasteiger charge is -2.15. The van der Waals surface area contributed by atoms with Crippen LogP contribution in [0.25, 0.3) is 0 Å². The van der Waals surface area contributed by atoms with E-state index >= 15 is 0 Å². The van der Waals surface area contributed by atoms with Crippen LogP contribution in [0.5, 0.6) is 5.75 Å². The van der Waals surface area contributed by atoms with Crippen LogP contribution in [-0.2, 0) is 0 Å². The third-order valence-electron chi connectivity index (χ3n) is 3.81. The van der Waals surface area contributed by atoms with Crippen molar-refractivity contribution in [2.75, 3.05) is 19.7 Å². The minimum absolute atomic E-state index is 0.252. The first-order valence-corrected chi connectivity index (χ1v) is 7.97. The van der Waals surface area contributed by atoms with Gasteiger partial charge in [0.1, 0.15) is 18.5 Å². The van der Waals surface area contributed by atoms with Crippen LogP contribution in [0.15, 0.2) is 35.9 Å². The molecule has 0 bridgehead atoms. The molecule has 0 heterocycles. The summed E-state index contributed by atoms with van der Waals surface area (Å²) in [4.78, 5) is 0. The second-order valence-electron chi connectivity index (χ2n) is 5.66. The highest BCUT2D eigenvalue weighted by Crippen LogP contribution is 2.19. The van der Waals surface area contributed by atoms with Crippen molar-refractivity contribution in [1.29, 1.82) is 5.26 Å². The molecule has 0 saturated heterocycles. The Morgan fingerprint density at radius 2 is 2.09 bits per heavy atom. The van der Waals surface area contributed by atoms with Gasteiger partial charge in [-0.1, -0.05) is 11.6 Å². The number of aliphatic hydroxyl groups is 1. The number of nitriles is 1. The van der Waals surface area contributed by atoms with E-state index in [-0.39, 0.29) is 6.61 Å². The highest BCUT2D eigenvalue weighted by atomic mass is 16.5. The fraction of sp³-hybridized carbons (Fsp3) is 0.500. The molecule has 4 nitrogen and oxygen atoms in total. The van der Waals surface area contributed by atoms with Crippen LogP contribution in [0, 0.1) is 11.3 Å². The molecule has 0 spiro atoms. The summed E-state index contributed by atoms with van der Waals surface area (Å²) in [6.45, 7) is 1.69. The molecule has 1 unspecified atom stereocenters. The van der Waals surface area contributed by atoms with E-state index in [0.717, 1.165) is 13.0 Å². The van der Waals surface area contributed by atoms with Crippen molar-refractivity contribution in [3.63, 3.8) is 0 Å². The number of hydrogen-bond donors (Lipinski definition) is 2. The smallest absolute Gasteiger partial charge is 0.119 e. The van der Waals surface area contributed by atoms with Gasteiger partial charge < -0.3 is 15.2 Å². The zero-order valence-electron chi connectivity index (χ0n) is 12.9. The van der Waals surface area contributed by atoms with Crippen molar-refractivity contribution in [3.05, 3.63) is 41.5 Å². The maximum atomic E-state index is 9.89. The van der Waals surface area contributed by atoms with Crippen molar-refractivity contribution >= 4 is 0 Å². The maximum absolute atomic E-state index is 9.89. The molecular formula is C18H24N2O2. The number of nitrogens with one attached hydrogen (secondary N) is 1. The standard InChI is InChI=1S/C18H24N2O2/c19-12-16-6-8-18(9-7-16)22-14-17(21)13-20-11-10-15-4-2-1-3-5-15/h4,6-9,17,20-21H,1-3,5,10-11,13-14H2. The van der Waals surface area contributed by atoms with Gasteiger partial charge in [0.2, 0.25) is 0 Å².